The van der Waals surface area contributed by atoms with Crippen LogP contribution in [0.4, 0.5) is 5.69 Å². The zero-order valence-corrected chi connectivity index (χ0v) is 13.6. The van der Waals surface area contributed by atoms with Gasteiger partial charge >= 0.3 is 0 Å². The van der Waals surface area contributed by atoms with E-state index in [-0.39, 0.29) is 6.04 Å². The first-order valence-corrected chi connectivity index (χ1v) is 7.43. The van der Waals surface area contributed by atoms with E-state index in [1.54, 1.807) is 0 Å². The number of aryl methyl sites for hydroxylation is 2. The second-order valence-electron chi connectivity index (χ2n) is 4.83. The van der Waals surface area contributed by atoms with Crippen LogP contribution in [-0.2, 0) is 0 Å². The van der Waals surface area contributed by atoms with Gasteiger partial charge in [-0.05, 0) is 61.7 Å². The minimum absolute atomic E-state index is 0.169. The number of benzene rings is 2. The molecule has 100 valence electrons. The number of hydrogen-bond acceptors (Lipinski definition) is 1. The second-order valence-corrected chi connectivity index (χ2v) is 6.15. The monoisotopic (exact) mass is 337 g/mol. The topological polar surface area (TPSA) is 12.0 Å². The van der Waals surface area contributed by atoms with Crippen LogP contribution in [0, 0.1) is 13.8 Å². The summed E-state index contributed by atoms with van der Waals surface area (Å²) in [6, 6.07) is 12.6. The lowest BCUT2D eigenvalue weighted by atomic mass is 10.1. The maximum atomic E-state index is 6.28. The summed E-state index contributed by atoms with van der Waals surface area (Å²) >= 11 is 9.70. The SMILES string of the molecule is Cc1ccc(NC(C)c2ccc(Br)cc2Cl)cc1C. The number of halogens is 2. The number of anilines is 1. The van der Waals surface area contributed by atoms with Crippen molar-refractivity contribution in [1.82, 2.24) is 0 Å². The Morgan fingerprint density at radius 2 is 1.79 bits per heavy atom. The van der Waals surface area contributed by atoms with Crippen LogP contribution in [0.2, 0.25) is 5.02 Å². The fraction of sp³-hybridized carbons (Fsp3) is 0.250. The highest BCUT2D eigenvalue weighted by atomic mass is 79.9. The minimum atomic E-state index is 0.169. The highest BCUT2D eigenvalue weighted by molar-refractivity contribution is 9.10. The Morgan fingerprint density at radius 1 is 1.05 bits per heavy atom. The van der Waals surface area contributed by atoms with E-state index in [1.165, 1.54) is 11.1 Å². The van der Waals surface area contributed by atoms with Crippen molar-refractivity contribution in [3.63, 3.8) is 0 Å². The molecule has 0 spiro atoms. The molecule has 0 amide bonds. The van der Waals surface area contributed by atoms with E-state index in [0.717, 1.165) is 20.7 Å². The summed E-state index contributed by atoms with van der Waals surface area (Å²) in [5.74, 6) is 0. The first-order valence-electron chi connectivity index (χ1n) is 6.26. The Balaban J connectivity index is 2.20. The van der Waals surface area contributed by atoms with Crippen molar-refractivity contribution in [2.45, 2.75) is 26.8 Å². The summed E-state index contributed by atoms with van der Waals surface area (Å²) in [5, 5.41) is 4.26. The summed E-state index contributed by atoms with van der Waals surface area (Å²) in [6.07, 6.45) is 0. The van der Waals surface area contributed by atoms with Crippen LogP contribution in [0.3, 0.4) is 0 Å². The van der Waals surface area contributed by atoms with Crippen LogP contribution < -0.4 is 5.32 Å². The fourth-order valence-corrected chi connectivity index (χ4v) is 2.85. The van der Waals surface area contributed by atoms with E-state index in [9.17, 15) is 0 Å². The van der Waals surface area contributed by atoms with Crippen LogP contribution in [0.5, 0.6) is 0 Å². The van der Waals surface area contributed by atoms with Crippen LogP contribution in [-0.4, -0.2) is 0 Å². The standard InChI is InChI=1S/C16H17BrClN/c1-10-4-6-14(8-11(10)2)19-12(3)15-7-5-13(17)9-16(15)18/h4-9,12,19H,1-3H3. The molecule has 2 aromatic carbocycles. The number of nitrogens with one attached hydrogen (secondary N) is 1. The van der Waals surface area contributed by atoms with Crippen molar-refractivity contribution >= 4 is 33.2 Å². The lowest BCUT2D eigenvalue weighted by molar-refractivity contribution is 0.884. The molecule has 3 heteroatoms. The molecule has 0 fully saturated rings. The van der Waals surface area contributed by atoms with Gasteiger partial charge in [-0.2, -0.15) is 0 Å². The van der Waals surface area contributed by atoms with Gasteiger partial charge in [-0.3, -0.25) is 0 Å². The van der Waals surface area contributed by atoms with Gasteiger partial charge in [0.15, 0.2) is 0 Å². The van der Waals surface area contributed by atoms with Gasteiger partial charge in [-0.1, -0.05) is 39.7 Å². The van der Waals surface area contributed by atoms with Gasteiger partial charge in [-0.25, -0.2) is 0 Å². The average molecular weight is 339 g/mol. The molecule has 2 rings (SSSR count). The van der Waals surface area contributed by atoms with Gasteiger partial charge in [0.1, 0.15) is 0 Å². The largest absolute Gasteiger partial charge is 0.378 e. The van der Waals surface area contributed by atoms with E-state index >= 15 is 0 Å². The van der Waals surface area contributed by atoms with Crippen LogP contribution in [0.15, 0.2) is 40.9 Å². The van der Waals surface area contributed by atoms with Crippen molar-refractivity contribution in [3.8, 4) is 0 Å². The molecule has 0 bridgehead atoms. The summed E-state index contributed by atoms with van der Waals surface area (Å²) in [4.78, 5) is 0. The molecule has 0 aromatic heterocycles. The summed E-state index contributed by atoms with van der Waals surface area (Å²) < 4.78 is 1.000. The van der Waals surface area contributed by atoms with E-state index in [1.807, 2.05) is 18.2 Å². The first kappa shape index (κ1) is 14.4. The van der Waals surface area contributed by atoms with E-state index in [2.05, 4.69) is 60.2 Å². The highest BCUT2D eigenvalue weighted by Crippen LogP contribution is 2.29. The first-order chi connectivity index (χ1) is 8.97. The van der Waals surface area contributed by atoms with Gasteiger partial charge in [0, 0.05) is 21.2 Å². The molecule has 1 nitrogen and oxygen atoms in total. The molecule has 2 aromatic rings. The Hall–Kier alpha value is -0.990. The molecule has 1 N–H and O–H groups in total. The fourth-order valence-electron chi connectivity index (χ4n) is 2.01. The van der Waals surface area contributed by atoms with Crippen molar-refractivity contribution < 1.29 is 0 Å². The van der Waals surface area contributed by atoms with Crippen molar-refractivity contribution in [1.29, 1.82) is 0 Å². The molecular weight excluding hydrogens is 322 g/mol. The molecule has 0 heterocycles. The molecule has 0 aliphatic heterocycles. The molecule has 1 unspecified atom stereocenters. The van der Waals surface area contributed by atoms with Gasteiger partial charge in [0.2, 0.25) is 0 Å². The lowest BCUT2D eigenvalue weighted by Crippen LogP contribution is -2.07. The molecule has 0 saturated heterocycles. The van der Waals surface area contributed by atoms with E-state index < -0.39 is 0 Å². The van der Waals surface area contributed by atoms with Crippen molar-refractivity contribution in [2.75, 3.05) is 5.32 Å². The predicted octanol–water partition coefficient (Wildman–Crippen LogP) is 5.89. The third kappa shape index (κ3) is 3.52. The van der Waals surface area contributed by atoms with Gasteiger partial charge in [0.25, 0.3) is 0 Å². The Morgan fingerprint density at radius 3 is 2.42 bits per heavy atom. The molecule has 0 radical (unpaired) electrons. The van der Waals surface area contributed by atoms with Crippen molar-refractivity contribution in [2.24, 2.45) is 0 Å². The number of hydrogen-bond donors (Lipinski definition) is 1. The molecule has 0 saturated carbocycles. The molecule has 0 aliphatic carbocycles. The van der Waals surface area contributed by atoms with Gasteiger partial charge in [0.05, 0.1) is 0 Å². The average Bonchev–Trinajstić information content (AvgIpc) is 2.33. The Bertz CT molecular complexity index is 595. The van der Waals surface area contributed by atoms with Crippen molar-refractivity contribution in [3.05, 3.63) is 62.6 Å². The smallest absolute Gasteiger partial charge is 0.0500 e. The zero-order chi connectivity index (χ0) is 14.0. The highest BCUT2D eigenvalue weighted by Gasteiger charge is 2.10. The second kappa shape index (κ2) is 5.98. The maximum Gasteiger partial charge on any atom is 0.0500 e. The summed E-state index contributed by atoms with van der Waals surface area (Å²) in [6.45, 7) is 6.36. The minimum Gasteiger partial charge on any atom is -0.378 e. The van der Waals surface area contributed by atoms with E-state index in [0.29, 0.717) is 0 Å². The lowest BCUT2D eigenvalue weighted by Gasteiger charge is -2.18. The zero-order valence-electron chi connectivity index (χ0n) is 11.3. The number of rotatable bonds is 3. The van der Waals surface area contributed by atoms with Gasteiger partial charge < -0.3 is 5.32 Å². The van der Waals surface area contributed by atoms with E-state index in [4.69, 9.17) is 11.6 Å². The van der Waals surface area contributed by atoms with Crippen LogP contribution >= 0.6 is 27.5 Å². The summed E-state index contributed by atoms with van der Waals surface area (Å²) in [7, 11) is 0. The Labute approximate surface area is 128 Å². The third-order valence-corrected chi connectivity index (χ3v) is 4.14. The maximum absolute atomic E-state index is 6.28. The van der Waals surface area contributed by atoms with Crippen LogP contribution in [0.1, 0.15) is 29.7 Å². The molecule has 0 aliphatic rings. The third-order valence-electron chi connectivity index (χ3n) is 3.32. The molecular formula is C16H17BrClN. The predicted molar refractivity (Wildman–Crippen MR) is 87.1 cm³/mol. The molecule has 19 heavy (non-hydrogen) atoms. The van der Waals surface area contributed by atoms with Crippen LogP contribution in [0.25, 0.3) is 0 Å². The summed E-state index contributed by atoms with van der Waals surface area (Å²) in [5.41, 5.74) is 4.82. The quantitative estimate of drug-likeness (QED) is 0.735. The van der Waals surface area contributed by atoms with Gasteiger partial charge in [-0.15, -0.1) is 0 Å². The normalized spacial score (nSPS) is 12.3. The molecule has 1 atom stereocenters. The Kier molecular flexibility index (Phi) is 4.54.